The number of nitrogens with zero attached hydrogens (tertiary/aromatic N) is 1. The normalized spacial score (nSPS) is 11.0. The van der Waals surface area contributed by atoms with Crippen LogP contribution in [-0.4, -0.2) is 35.1 Å². The molecule has 10 heteroatoms. The van der Waals surface area contributed by atoms with E-state index in [4.69, 9.17) is 21.1 Å². The Morgan fingerprint density at radius 2 is 1.66 bits per heavy atom. The number of benzene rings is 3. The average molecular weight is 479 g/mol. The van der Waals surface area contributed by atoms with Crippen molar-refractivity contribution in [2.75, 3.05) is 30.4 Å². The number of hydrogen-bond acceptors (Lipinski definition) is 5. The van der Waals surface area contributed by atoms with Crippen LogP contribution in [-0.2, 0) is 14.8 Å². The van der Waals surface area contributed by atoms with Crippen molar-refractivity contribution in [3.05, 3.63) is 77.6 Å². The number of nitrogens with one attached hydrogen (secondary N) is 1. The Bertz CT molecular complexity index is 1220. The summed E-state index contributed by atoms with van der Waals surface area (Å²) >= 11 is 5.93. The van der Waals surface area contributed by atoms with Crippen LogP contribution in [0, 0.1) is 5.82 Å². The molecule has 0 aliphatic carbocycles. The van der Waals surface area contributed by atoms with Crippen LogP contribution < -0.4 is 19.1 Å². The quantitative estimate of drug-likeness (QED) is 0.521. The Kier molecular flexibility index (Phi) is 7.22. The fraction of sp³-hybridized carbons (Fsp3) is 0.136. The number of hydrogen-bond donors (Lipinski definition) is 1. The summed E-state index contributed by atoms with van der Waals surface area (Å²) in [5.74, 6) is -0.807. The first-order valence-corrected chi connectivity index (χ1v) is 11.1. The summed E-state index contributed by atoms with van der Waals surface area (Å²) in [6.07, 6.45) is 0. The minimum absolute atomic E-state index is 0.0583. The van der Waals surface area contributed by atoms with Gasteiger partial charge >= 0.3 is 0 Å². The summed E-state index contributed by atoms with van der Waals surface area (Å²) in [6.45, 7) is -0.605. The molecule has 0 atom stereocenters. The minimum atomic E-state index is -4.22. The predicted octanol–water partition coefficient (Wildman–Crippen LogP) is 4.33. The molecule has 3 aromatic rings. The lowest BCUT2D eigenvalue weighted by molar-refractivity contribution is -0.114. The number of halogens is 2. The van der Waals surface area contributed by atoms with Gasteiger partial charge in [0.1, 0.15) is 12.4 Å². The maximum atomic E-state index is 13.9. The number of amides is 1. The van der Waals surface area contributed by atoms with E-state index in [1.54, 1.807) is 6.07 Å². The second-order valence-corrected chi connectivity index (χ2v) is 8.83. The lowest BCUT2D eigenvalue weighted by atomic mass is 10.3. The molecule has 32 heavy (non-hydrogen) atoms. The molecule has 3 aromatic carbocycles. The second kappa shape index (κ2) is 9.88. The van der Waals surface area contributed by atoms with Crippen molar-refractivity contribution in [3.8, 4) is 11.5 Å². The minimum Gasteiger partial charge on any atom is -0.493 e. The van der Waals surface area contributed by atoms with E-state index in [2.05, 4.69) is 5.32 Å². The van der Waals surface area contributed by atoms with Crippen molar-refractivity contribution < 1.29 is 27.1 Å². The fourth-order valence-corrected chi connectivity index (χ4v) is 4.47. The van der Waals surface area contributed by atoms with Crippen LogP contribution in [0.15, 0.2) is 71.6 Å². The Labute approximate surface area is 190 Å². The molecule has 0 saturated heterocycles. The van der Waals surface area contributed by atoms with E-state index in [1.807, 2.05) is 0 Å². The third kappa shape index (κ3) is 5.12. The van der Waals surface area contributed by atoms with E-state index < -0.39 is 28.3 Å². The summed E-state index contributed by atoms with van der Waals surface area (Å²) < 4.78 is 52.1. The number of rotatable bonds is 8. The topological polar surface area (TPSA) is 84.9 Å². The van der Waals surface area contributed by atoms with Crippen molar-refractivity contribution >= 4 is 38.9 Å². The van der Waals surface area contributed by atoms with E-state index in [1.165, 1.54) is 74.9 Å². The third-order valence-electron chi connectivity index (χ3n) is 4.49. The van der Waals surface area contributed by atoms with Gasteiger partial charge in [0.05, 0.1) is 30.5 Å². The monoisotopic (exact) mass is 478 g/mol. The molecule has 0 spiro atoms. The number of para-hydroxylation sites is 1. The van der Waals surface area contributed by atoms with Crippen molar-refractivity contribution in [2.45, 2.75) is 4.90 Å². The smallest absolute Gasteiger partial charge is 0.264 e. The third-order valence-corrected chi connectivity index (χ3v) is 6.51. The summed E-state index contributed by atoms with van der Waals surface area (Å²) in [4.78, 5) is 12.5. The first-order chi connectivity index (χ1) is 15.3. The Morgan fingerprint density at radius 3 is 2.28 bits per heavy atom. The predicted molar refractivity (Wildman–Crippen MR) is 121 cm³/mol. The van der Waals surface area contributed by atoms with Gasteiger partial charge in [0.15, 0.2) is 11.5 Å². The van der Waals surface area contributed by atoms with Crippen LogP contribution in [0.3, 0.4) is 0 Å². The molecule has 0 unspecified atom stereocenters. The number of methoxy groups -OCH3 is 2. The van der Waals surface area contributed by atoms with E-state index in [9.17, 15) is 17.6 Å². The fourth-order valence-electron chi connectivity index (χ4n) is 2.91. The zero-order valence-electron chi connectivity index (χ0n) is 17.2. The van der Waals surface area contributed by atoms with Crippen LogP contribution in [0.25, 0.3) is 0 Å². The van der Waals surface area contributed by atoms with Crippen molar-refractivity contribution in [1.82, 2.24) is 0 Å². The van der Waals surface area contributed by atoms with Gasteiger partial charge in [-0.05, 0) is 48.5 Å². The van der Waals surface area contributed by atoms with Gasteiger partial charge in [0.25, 0.3) is 10.0 Å². The second-order valence-electron chi connectivity index (χ2n) is 6.53. The van der Waals surface area contributed by atoms with Gasteiger partial charge in [-0.1, -0.05) is 23.7 Å². The zero-order valence-corrected chi connectivity index (χ0v) is 18.8. The van der Waals surface area contributed by atoms with E-state index >= 15 is 0 Å². The summed E-state index contributed by atoms with van der Waals surface area (Å²) in [6, 6.07) is 15.6. The molecule has 0 aliphatic rings. The van der Waals surface area contributed by atoms with Crippen LogP contribution in [0.2, 0.25) is 5.02 Å². The van der Waals surface area contributed by atoms with Crippen LogP contribution in [0.5, 0.6) is 11.5 Å². The molecule has 0 fully saturated rings. The van der Waals surface area contributed by atoms with Gasteiger partial charge < -0.3 is 14.8 Å². The highest BCUT2D eigenvalue weighted by atomic mass is 35.5. The Balaban J connectivity index is 2.00. The van der Waals surface area contributed by atoms with E-state index in [-0.39, 0.29) is 22.0 Å². The van der Waals surface area contributed by atoms with Gasteiger partial charge in [-0.15, -0.1) is 0 Å². The molecule has 7 nitrogen and oxygen atoms in total. The first kappa shape index (κ1) is 23.4. The number of anilines is 2. The molecular weight excluding hydrogens is 459 g/mol. The standard InChI is InChI=1S/C22H20ClFN2O5S/c1-30-20-12-11-17(13-21(20)31-2)32(28,29)26(16-9-7-15(23)8-10-16)14-22(27)25-19-6-4-3-5-18(19)24/h3-13H,14H2,1-2H3,(H,25,27). The first-order valence-electron chi connectivity index (χ1n) is 9.31. The molecule has 0 aliphatic heterocycles. The molecule has 0 aromatic heterocycles. The summed E-state index contributed by atoms with van der Waals surface area (Å²) in [5.41, 5.74) is 0.143. The van der Waals surface area contributed by atoms with Gasteiger partial charge in [-0.25, -0.2) is 12.8 Å². The Morgan fingerprint density at radius 1 is 1.00 bits per heavy atom. The van der Waals surface area contributed by atoms with Crippen molar-refractivity contribution in [2.24, 2.45) is 0 Å². The Hall–Kier alpha value is -3.30. The highest BCUT2D eigenvalue weighted by Gasteiger charge is 2.28. The number of ether oxygens (including phenoxy) is 2. The van der Waals surface area contributed by atoms with Gasteiger partial charge in [-0.2, -0.15) is 0 Å². The lowest BCUT2D eigenvalue weighted by Gasteiger charge is -2.24. The molecule has 0 heterocycles. The number of carbonyl (C=O) groups excluding carboxylic acids is 1. The summed E-state index contributed by atoms with van der Waals surface area (Å²) in [5, 5.41) is 2.79. The maximum absolute atomic E-state index is 13.9. The highest BCUT2D eigenvalue weighted by Crippen LogP contribution is 2.32. The van der Waals surface area contributed by atoms with Gasteiger partial charge in [0.2, 0.25) is 5.91 Å². The molecule has 1 amide bonds. The molecule has 0 saturated carbocycles. The lowest BCUT2D eigenvalue weighted by Crippen LogP contribution is -2.38. The largest absolute Gasteiger partial charge is 0.493 e. The number of carbonyl (C=O) groups is 1. The van der Waals surface area contributed by atoms with Gasteiger partial charge in [0, 0.05) is 11.1 Å². The van der Waals surface area contributed by atoms with E-state index in [0.29, 0.717) is 10.8 Å². The van der Waals surface area contributed by atoms with Crippen molar-refractivity contribution in [1.29, 1.82) is 0 Å². The number of sulfonamides is 1. The van der Waals surface area contributed by atoms with Crippen LogP contribution in [0.4, 0.5) is 15.8 Å². The zero-order chi connectivity index (χ0) is 23.3. The molecule has 168 valence electrons. The van der Waals surface area contributed by atoms with Crippen LogP contribution >= 0.6 is 11.6 Å². The average Bonchev–Trinajstić information content (AvgIpc) is 2.79. The molecule has 0 bridgehead atoms. The van der Waals surface area contributed by atoms with Gasteiger partial charge in [-0.3, -0.25) is 9.10 Å². The molecule has 1 N–H and O–H groups in total. The SMILES string of the molecule is COc1ccc(S(=O)(=O)N(CC(=O)Nc2ccccc2F)c2ccc(Cl)cc2)cc1OC. The van der Waals surface area contributed by atoms with Crippen molar-refractivity contribution in [3.63, 3.8) is 0 Å². The summed E-state index contributed by atoms with van der Waals surface area (Å²) in [7, 11) is -1.41. The molecular formula is C22H20ClFN2O5S. The maximum Gasteiger partial charge on any atom is 0.264 e. The highest BCUT2D eigenvalue weighted by molar-refractivity contribution is 7.92. The van der Waals surface area contributed by atoms with E-state index in [0.717, 1.165) is 4.31 Å². The van der Waals surface area contributed by atoms with Crippen LogP contribution in [0.1, 0.15) is 0 Å². The molecule has 0 radical (unpaired) electrons. The molecule has 3 rings (SSSR count).